The Morgan fingerprint density at radius 2 is 2.20 bits per heavy atom. The number of carboxylic acids is 1. The summed E-state index contributed by atoms with van der Waals surface area (Å²) in [6, 6.07) is 9.15. The third-order valence-corrected chi connectivity index (χ3v) is 3.27. The van der Waals surface area contributed by atoms with E-state index in [-0.39, 0.29) is 5.75 Å². The second-order valence-corrected chi connectivity index (χ2v) is 4.74. The molecule has 6 nitrogen and oxygen atoms in total. The lowest BCUT2D eigenvalue weighted by molar-refractivity contribution is -0.133. The van der Waals surface area contributed by atoms with E-state index in [9.17, 15) is 4.79 Å². The molecule has 1 aromatic carbocycles. The van der Waals surface area contributed by atoms with E-state index in [1.54, 1.807) is 13.2 Å². The number of thioether (sulfide) groups is 1. The van der Waals surface area contributed by atoms with Crippen LogP contribution in [0.15, 0.2) is 41.7 Å². The van der Waals surface area contributed by atoms with Crippen molar-refractivity contribution in [2.24, 2.45) is 0 Å². The lowest BCUT2D eigenvalue weighted by Gasteiger charge is -2.10. The van der Waals surface area contributed by atoms with Gasteiger partial charge in [-0.1, -0.05) is 23.9 Å². The third kappa shape index (κ3) is 3.86. The van der Waals surface area contributed by atoms with Gasteiger partial charge in [0.25, 0.3) is 0 Å². The zero-order valence-electron chi connectivity index (χ0n) is 10.7. The van der Waals surface area contributed by atoms with Crippen molar-refractivity contribution in [3.8, 4) is 5.75 Å². The molecular formula is C13H13N3O3S. The number of aromatic nitrogens is 2. The number of methoxy groups -OCH3 is 1. The van der Waals surface area contributed by atoms with Gasteiger partial charge in [-0.2, -0.15) is 0 Å². The monoisotopic (exact) mass is 291 g/mol. The lowest BCUT2D eigenvalue weighted by Crippen LogP contribution is -2.00. The Bertz CT molecular complexity index is 607. The van der Waals surface area contributed by atoms with E-state index >= 15 is 0 Å². The van der Waals surface area contributed by atoms with Gasteiger partial charge in [-0.15, -0.1) is 0 Å². The number of nitrogens with one attached hydrogen (secondary N) is 1. The molecule has 1 heterocycles. The molecule has 0 aliphatic heterocycles. The molecule has 104 valence electrons. The molecule has 0 aliphatic rings. The van der Waals surface area contributed by atoms with Crippen LogP contribution in [0.1, 0.15) is 0 Å². The Hall–Kier alpha value is -2.28. The van der Waals surface area contributed by atoms with Crippen molar-refractivity contribution in [2.75, 3.05) is 18.2 Å². The number of hydrogen-bond donors (Lipinski definition) is 2. The predicted octanol–water partition coefficient (Wildman–Crippen LogP) is 2.41. The summed E-state index contributed by atoms with van der Waals surface area (Å²) in [6.07, 6.45) is 1.39. The summed E-state index contributed by atoms with van der Waals surface area (Å²) in [5.41, 5.74) is 0.780. The minimum atomic E-state index is -0.882. The number of aliphatic carboxylic acids is 1. The van der Waals surface area contributed by atoms with Gasteiger partial charge in [-0.05, 0) is 12.1 Å². The average Bonchev–Trinajstić information content (AvgIpc) is 2.46. The number of carboxylic acid groups (broad SMARTS) is 1. The van der Waals surface area contributed by atoms with E-state index in [1.165, 1.54) is 6.33 Å². The molecule has 0 amide bonds. The number of anilines is 2. The van der Waals surface area contributed by atoms with Gasteiger partial charge in [0.15, 0.2) is 0 Å². The fraction of sp³-hybridized carbons (Fsp3) is 0.154. The molecule has 0 spiro atoms. The highest BCUT2D eigenvalue weighted by atomic mass is 32.2. The first-order valence-corrected chi connectivity index (χ1v) is 6.74. The van der Waals surface area contributed by atoms with E-state index in [0.29, 0.717) is 16.6 Å². The topological polar surface area (TPSA) is 84.3 Å². The second-order valence-electron chi connectivity index (χ2n) is 3.75. The van der Waals surface area contributed by atoms with E-state index in [0.717, 1.165) is 17.4 Å². The van der Waals surface area contributed by atoms with Crippen molar-refractivity contribution in [3.05, 3.63) is 36.7 Å². The summed E-state index contributed by atoms with van der Waals surface area (Å²) in [4.78, 5) is 18.6. The van der Waals surface area contributed by atoms with Crippen LogP contribution >= 0.6 is 11.8 Å². The van der Waals surface area contributed by atoms with Crippen LogP contribution in [-0.2, 0) is 4.79 Å². The van der Waals surface area contributed by atoms with Gasteiger partial charge in [0, 0.05) is 6.07 Å². The first kappa shape index (κ1) is 14.1. The molecule has 1 aromatic heterocycles. The van der Waals surface area contributed by atoms with Crippen LogP contribution in [0.5, 0.6) is 5.75 Å². The quantitative estimate of drug-likeness (QED) is 0.624. The average molecular weight is 291 g/mol. The Kier molecular flexibility index (Phi) is 4.78. The molecule has 2 rings (SSSR count). The summed E-state index contributed by atoms with van der Waals surface area (Å²) in [7, 11) is 1.59. The number of nitrogens with zero attached hydrogens (tertiary/aromatic N) is 2. The molecular weight excluding hydrogens is 278 g/mol. The number of ether oxygens (including phenoxy) is 1. The van der Waals surface area contributed by atoms with E-state index in [2.05, 4.69) is 15.3 Å². The van der Waals surface area contributed by atoms with Crippen LogP contribution in [0.3, 0.4) is 0 Å². The van der Waals surface area contributed by atoms with Crippen molar-refractivity contribution < 1.29 is 14.6 Å². The zero-order valence-corrected chi connectivity index (χ0v) is 11.6. The highest BCUT2D eigenvalue weighted by molar-refractivity contribution is 7.99. The smallest absolute Gasteiger partial charge is 0.313 e. The first-order valence-electron chi connectivity index (χ1n) is 5.75. The Morgan fingerprint density at radius 1 is 1.40 bits per heavy atom. The van der Waals surface area contributed by atoms with Gasteiger partial charge in [0.2, 0.25) is 0 Å². The molecule has 0 atom stereocenters. The first-order chi connectivity index (χ1) is 9.69. The third-order valence-electron chi connectivity index (χ3n) is 2.36. The molecule has 0 bridgehead atoms. The van der Waals surface area contributed by atoms with Gasteiger partial charge < -0.3 is 15.2 Å². The number of hydrogen-bond acceptors (Lipinski definition) is 6. The summed E-state index contributed by atoms with van der Waals surface area (Å²) in [5, 5.41) is 12.4. The summed E-state index contributed by atoms with van der Waals surface area (Å²) >= 11 is 1.14. The van der Waals surface area contributed by atoms with Gasteiger partial charge in [0.1, 0.15) is 22.9 Å². The van der Waals surface area contributed by atoms with Crippen LogP contribution in [-0.4, -0.2) is 33.9 Å². The van der Waals surface area contributed by atoms with E-state index < -0.39 is 5.97 Å². The number of rotatable bonds is 6. The SMILES string of the molecule is COc1ccccc1Nc1cc(SCC(=O)O)ncn1. The number of benzene rings is 1. The van der Waals surface area contributed by atoms with Crippen molar-refractivity contribution >= 4 is 29.2 Å². The Morgan fingerprint density at radius 3 is 2.95 bits per heavy atom. The Labute approximate surface area is 120 Å². The highest BCUT2D eigenvalue weighted by Crippen LogP contribution is 2.27. The standard InChI is InChI=1S/C13H13N3O3S/c1-19-10-5-3-2-4-9(10)16-11-6-12(15-8-14-11)20-7-13(17)18/h2-6,8H,7H2,1H3,(H,17,18)(H,14,15,16). The molecule has 0 radical (unpaired) electrons. The Balaban J connectivity index is 2.13. The zero-order chi connectivity index (χ0) is 14.4. The minimum absolute atomic E-state index is 0.0366. The molecule has 7 heteroatoms. The van der Waals surface area contributed by atoms with E-state index in [1.807, 2.05) is 24.3 Å². The fourth-order valence-electron chi connectivity index (χ4n) is 1.51. The number of para-hydroxylation sites is 2. The van der Waals surface area contributed by atoms with Crippen LogP contribution in [0.4, 0.5) is 11.5 Å². The van der Waals surface area contributed by atoms with Crippen LogP contribution < -0.4 is 10.1 Å². The summed E-state index contributed by atoms with van der Waals surface area (Å²) in [6.45, 7) is 0. The summed E-state index contributed by atoms with van der Waals surface area (Å²) < 4.78 is 5.24. The normalized spacial score (nSPS) is 10.1. The molecule has 0 unspecified atom stereocenters. The molecule has 20 heavy (non-hydrogen) atoms. The molecule has 2 N–H and O–H groups in total. The molecule has 2 aromatic rings. The predicted molar refractivity (Wildman–Crippen MR) is 76.7 cm³/mol. The van der Waals surface area contributed by atoms with Crippen LogP contribution in [0, 0.1) is 0 Å². The maximum Gasteiger partial charge on any atom is 0.313 e. The second kappa shape index (κ2) is 6.76. The van der Waals surface area contributed by atoms with Crippen molar-refractivity contribution in [2.45, 2.75) is 5.03 Å². The van der Waals surface area contributed by atoms with Crippen molar-refractivity contribution in [1.82, 2.24) is 9.97 Å². The van der Waals surface area contributed by atoms with Gasteiger partial charge in [-0.3, -0.25) is 4.79 Å². The molecule has 0 saturated heterocycles. The van der Waals surface area contributed by atoms with Gasteiger partial charge >= 0.3 is 5.97 Å². The van der Waals surface area contributed by atoms with Crippen LogP contribution in [0.2, 0.25) is 0 Å². The van der Waals surface area contributed by atoms with Gasteiger partial charge in [0.05, 0.1) is 18.6 Å². The lowest BCUT2D eigenvalue weighted by atomic mass is 10.3. The van der Waals surface area contributed by atoms with Crippen molar-refractivity contribution in [1.29, 1.82) is 0 Å². The highest BCUT2D eigenvalue weighted by Gasteiger charge is 2.05. The summed E-state index contributed by atoms with van der Waals surface area (Å²) in [5.74, 6) is 0.363. The number of carbonyl (C=O) groups is 1. The van der Waals surface area contributed by atoms with Gasteiger partial charge in [-0.25, -0.2) is 9.97 Å². The van der Waals surface area contributed by atoms with Crippen molar-refractivity contribution in [3.63, 3.8) is 0 Å². The maximum absolute atomic E-state index is 10.5. The van der Waals surface area contributed by atoms with E-state index in [4.69, 9.17) is 9.84 Å². The largest absolute Gasteiger partial charge is 0.495 e. The molecule has 0 aliphatic carbocycles. The maximum atomic E-state index is 10.5. The minimum Gasteiger partial charge on any atom is -0.495 e. The molecule has 0 saturated carbocycles. The fourth-order valence-corrected chi connectivity index (χ4v) is 2.10. The van der Waals surface area contributed by atoms with Crippen LogP contribution in [0.25, 0.3) is 0 Å². The molecule has 0 fully saturated rings.